The van der Waals surface area contributed by atoms with Crippen LogP contribution in [-0.4, -0.2) is 6.54 Å². The first-order valence-electron chi connectivity index (χ1n) is 4.80. The van der Waals surface area contributed by atoms with Crippen LogP contribution < -0.4 is 5.73 Å². The van der Waals surface area contributed by atoms with Gasteiger partial charge in [-0.25, -0.2) is 0 Å². The summed E-state index contributed by atoms with van der Waals surface area (Å²) in [7, 11) is 0. The maximum Gasteiger partial charge on any atom is 0.416 e. The van der Waals surface area contributed by atoms with Crippen molar-refractivity contribution in [3.05, 3.63) is 34.7 Å². The standard InChI is InChI=1S/C11H10F3NS/c12-11(13,14)8-1-2-10-7(5-8)6-9(16-10)3-4-15/h1-2,5-6H,3-4,15H2. The average Bonchev–Trinajstić information content (AvgIpc) is 2.57. The smallest absolute Gasteiger partial charge is 0.330 e. The van der Waals surface area contributed by atoms with Crippen LogP contribution in [0.4, 0.5) is 13.2 Å². The van der Waals surface area contributed by atoms with Gasteiger partial charge in [0.25, 0.3) is 0 Å². The molecule has 0 spiro atoms. The Bertz CT molecular complexity index is 501. The highest BCUT2D eigenvalue weighted by Crippen LogP contribution is 2.34. The highest BCUT2D eigenvalue weighted by atomic mass is 32.1. The zero-order chi connectivity index (χ0) is 11.8. The molecule has 0 radical (unpaired) electrons. The minimum atomic E-state index is -4.27. The van der Waals surface area contributed by atoms with Gasteiger partial charge in [0, 0.05) is 9.58 Å². The van der Waals surface area contributed by atoms with Crippen LogP contribution in [0.25, 0.3) is 10.1 Å². The van der Waals surface area contributed by atoms with Crippen LogP contribution in [0.5, 0.6) is 0 Å². The minimum Gasteiger partial charge on any atom is -0.330 e. The normalized spacial score (nSPS) is 12.2. The van der Waals surface area contributed by atoms with Crippen LogP contribution in [0.15, 0.2) is 24.3 Å². The second kappa shape index (κ2) is 4.07. The molecule has 1 aromatic heterocycles. The van der Waals surface area contributed by atoms with Crippen LogP contribution >= 0.6 is 11.3 Å². The molecule has 0 aliphatic heterocycles. The quantitative estimate of drug-likeness (QED) is 0.862. The zero-order valence-electron chi connectivity index (χ0n) is 8.34. The molecule has 0 saturated heterocycles. The van der Waals surface area contributed by atoms with E-state index < -0.39 is 11.7 Å². The molecule has 0 unspecified atom stereocenters. The molecule has 16 heavy (non-hydrogen) atoms. The van der Waals surface area contributed by atoms with Gasteiger partial charge in [-0.1, -0.05) is 0 Å². The molecule has 0 amide bonds. The molecule has 1 nitrogen and oxygen atoms in total. The fraction of sp³-hybridized carbons (Fsp3) is 0.273. The van der Waals surface area contributed by atoms with Gasteiger partial charge in [0.1, 0.15) is 0 Å². The van der Waals surface area contributed by atoms with E-state index in [1.54, 1.807) is 6.07 Å². The number of nitrogens with two attached hydrogens (primary N) is 1. The number of thiophene rings is 1. The summed E-state index contributed by atoms with van der Waals surface area (Å²) >= 11 is 1.49. The van der Waals surface area contributed by atoms with Gasteiger partial charge in [-0.05, 0) is 42.6 Å². The van der Waals surface area contributed by atoms with Crippen LogP contribution in [0.1, 0.15) is 10.4 Å². The summed E-state index contributed by atoms with van der Waals surface area (Å²) in [6, 6.07) is 5.60. The molecule has 2 rings (SSSR count). The Morgan fingerprint density at radius 1 is 1.19 bits per heavy atom. The van der Waals surface area contributed by atoms with Crippen LogP contribution in [0, 0.1) is 0 Å². The van der Waals surface area contributed by atoms with Gasteiger partial charge < -0.3 is 5.73 Å². The van der Waals surface area contributed by atoms with E-state index in [1.165, 1.54) is 23.5 Å². The van der Waals surface area contributed by atoms with Crippen LogP contribution in [0.3, 0.4) is 0 Å². The van der Waals surface area contributed by atoms with E-state index in [-0.39, 0.29) is 0 Å². The summed E-state index contributed by atoms with van der Waals surface area (Å²) in [6.45, 7) is 0.513. The van der Waals surface area contributed by atoms with Crippen molar-refractivity contribution in [2.24, 2.45) is 5.73 Å². The zero-order valence-corrected chi connectivity index (χ0v) is 9.16. The van der Waals surface area contributed by atoms with E-state index in [2.05, 4.69) is 0 Å². The maximum absolute atomic E-state index is 12.5. The van der Waals surface area contributed by atoms with Crippen LogP contribution in [-0.2, 0) is 12.6 Å². The van der Waals surface area contributed by atoms with Gasteiger partial charge in [0.15, 0.2) is 0 Å². The second-order valence-electron chi connectivity index (χ2n) is 3.50. The Morgan fingerprint density at radius 3 is 2.56 bits per heavy atom. The maximum atomic E-state index is 12.5. The summed E-state index contributed by atoms with van der Waals surface area (Å²) in [6.07, 6.45) is -3.56. The van der Waals surface area contributed by atoms with E-state index in [9.17, 15) is 13.2 Å². The first kappa shape index (κ1) is 11.4. The highest BCUT2D eigenvalue weighted by Gasteiger charge is 2.30. The van der Waals surface area contributed by atoms with Crippen molar-refractivity contribution in [1.82, 2.24) is 0 Å². The summed E-state index contributed by atoms with van der Waals surface area (Å²) < 4.78 is 38.2. The van der Waals surface area contributed by atoms with Crippen molar-refractivity contribution in [1.29, 1.82) is 0 Å². The van der Waals surface area contributed by atoms with Crippen LogP contribution in [0.2, 0.25) is 0 Å². The van der Waals surface area contributed by atoms with Crippen molar-refractivity contribution in [2.45, 2.75) is 12.6 Å². The van der Waals surface area contributed by atoms with E-state index in [1.807, 2.05) is 0 Å². The molecule has 2 N–H and O–H groups in total. The van der Waals surface area contributed by atoms with Gasteiger partial charge in [-0.2, -0.15) is 13.2 Å². The number of fused-ring (bicyclic) bond motifs is 1. The Kier molecular flexibility index (Phi) is 2.90. The number of alkyl halides is 3. The summed E-state index contributed by atoms with van der Waals surface area (Å²) in [5, 5.41) is 0.642. The van der Waals surface area contributed by atoms with Crippen molar-refractivity contribution < 1.29 is 13.2 Å². The molecule has 0 aliphatic carbocycles. The van der Waals surface area contributed by atoms with E-state index >= 15 is 0 Å². The van der Waals surface area contributed by atoms with Crippen molar-refractivity contribution >= 4 is 21.4 Å². The van der Waals surface area contributed by atoms with Crippen molar-refractivity contribution in [3.63, 3.8) is 0 Å². The first-order valence-corrected chi connectivity index (χ1v) is 5.62. The van der Waals surface area contributed by atoms with Gasteiger partial charge in [0.05, 0.1) is 5.56 Å². The molecule has 0 aliphatic rings. The third-order valence-electron chi connectivity index (χ3n) is 2.29. The number of hydrogen-bond donors (Lipinski definition) is 1. The van der Waals surface area contributed by atoms with Crippen molar-refractivity contribution in [2.75, 3.05) is 6.54 Å². The Labute approximate surface area is 94.7 Å². The van der Waals surface area contributed by atoms with Gasteiger partial charge in [0.2, 0.25) is 0 Å². The fourth-order valence-electron chi connectivity index (χ4n) is 1.54. The van der Waals surface area contributed by atoms with E-state index in [0.29, 0.717) is 18.4 Å². The molecular formula is C11H10F3NS. The summed E-state index contributed by atoms with van der Waals surface area (Å²) in [4.78, 5) is 1.02. The second-order valence-corrected chi connectivity index (χ2v) is 4.67. The third-order valence-corrected chi connectivity index (χ3v) is 3.46. The Balaban J connectivity index is 2.46. The molecule has 0 saturated carbocycles. The van der Waals surface area contributed by atoms with E-state index in [4.69, 9.17) is 5.73 Å². The molecule has 2 aromatic rings. The Morgan fingerprint density at radius 2 is 1.94 bits per heavy atom. The largest absolute Gasteiger partial charge is 0.416 e. The number of rotatable bonds is 2. The monoisotopic (exact) mass is 245 g/mol. The molecule has 0 fully saturated rings. The topological polar surface area (TPSA) is 26.0 Å². The summed E-state index contributed by atoms with van der Waals surface area (Å²) in [5.74, 6) is 0. The molecule has 1 heterocycles. The minimum absolute atomic E-state index is 0.513. The lowest BCUT2D eigenvalue weighted by molar-refractivity contribution is -0.137. The lowest BCUT2D eigenvalue weighted by atomic mass is 10.1. The van der Waals surface area contributed by atoms with Gasteiger partial charge in [-0.15, -0.1) is 11.3 Å². The number of hydrogen-bond acceptors (Lipinski definition) is 2. The predicted octanol–water partition coefficient (Wildman–Crippen LogP) is 3.42. The third kappa shape index (κ3) is 2.20. The Hall–Kier alpha value is -1.07. The molecule has 0 atom stereocenters. The SMILES string of the molecule is NCCc1cc2cc(C(F)(F)F)ccc2s1. The number of halogens is 3. The van der Waals surface area contributed by atoms with E-state index in [0.717, 1.165) is 15.6 Å². The molecular weight excluding hydrogens is 235 g/mol. The number of benzene rings is 1. The average molecular weight is 245 g/mol. The molecule has 5 heteroatoms. The summed E-state index contributed by atoms with van der Waals surface area (Å²) in [5.41, 5.74) is 4.81. The lowest BCUT2D eigenvalue weighted by Gasteiger charge is -2.05. The predicted molar refractivity (Wildman–Crippen MR) is 59.6 cm³/mol. The fourth-order valence-corrected chi connectivity index (χ4v) is 2.60. The molecule has 0 bridgehead atoms. The van der Waals surface area contributed by atoms with Gasteiger partial charge in [-0.3, -0.25) is 0 Å². The van der Waals surface area contributed by atoms with Gasteiger partial charge >= 0.3 is 6.18 Å². The molecule has 1 aromatic carbocycles. The molecule has 86 valence electrons. The first-order chi connectivity index (χ1) is 7.50. The highest BCUT2D eigenvalue weighted by molar-refractivity contribution is 7.19. The lowest BCUT2D eigenvalue weighted by Crippen LogP contribution is -2.03. The van der Waals surface area contributed by atoms with Crippen molar-refractivity contribution in [3.8, 4) is 0 Å².